The molecule has 0 spiro atoms. The summed E-state index contributed by atoms with van der Waals surface area (Å²) in [6, 6.07) is 0. The fourth-order valence-corrected chi connectivity index (χ4v) is 2.98. The summed E-state index contributed by atoms with van der Waals surface area (Å²) in [6.07, 6.45) is 6.99. The minimum atomic E-state index is 0.861. The molecule has 0 aromatic heterocycles. The first-order chi connectivity index (χ1) is 6.95. The van der Waals surface area contributed by atoms with E-state index in [1.165, 1.54) is 32.1 Å². The molecular formula is C15H32. The van der Waals surface area contributed by atoms with Gasteiger partial charge in [-0.05, 0) is 42.9 Å². The average Bonchev–Trinajstić information content (AvgIpc) is 2.00. The van der Waals surface area contributed by atoms with Crippen molar-refractivity contribution in [1.82, 2.24) is 0 Å². The van der Waals surface area contributed by atoms with Crippen LogP contribution in [0.4, 0.5) is 0 Å². The number of hydrogen-bond donors (Lipinski definition) is 0. The largest absolute Gasteiger partial charge is 0.0654 e. The molecule has 3 atom stereocenters. The summed E-state index contributed by atoms with van der Waals surface area (Å²) in [5.74, 6) is 3.62. The maximum Gasteiger partial charge on any atom is -0.0438 e. The molecule has 0 saturated heterocycles. The van der Waals surface area contributed by atoms with Crippen LogP contribution < -0.4 is 0 Å². The molecule has 0 amide bonds. The van der Waals surface area contributed by atoms with Crippen LogP contribution in [0.25, 0.3) is 0 Å². The summed E-state index contributed by atoms with van der Waals surface area (Å²) in [5, 5.41) is 0. The first-order valence-corrected chi connectivity index (χ1v) is 6.95. The topological polar surface area (TPSA) is 0 Å². The molecule has 0 aliphatic heterocycles. The van der Waals surface area contributed by atoms with E-state index in [0.29, 0.717) is 0 Å². The van der Waals surface area contributed by atoms with Gasteiger partial charge in [-0.2, -0.15) is 0 Å². The minimum absolute atomic E-state index is 0.861. The molecule has 0 saturated carbocycles. The van der Waals surface area contributed by atoms with E-state index in [-0.39, 0.29) is 0 Å². The first-order valence-electron chi connectivity index (χ1n) is 6.95. The zero-order valence-electron chi connectivity index (χ0n) is 11.8. The monoisotopic (exact) mass is 212 g/mol. The van der Waals surface area contributed by atoms with E-state index in [1.54, 1.807) is 0 Å². The third kappa shape index (κ3) is 8.96. The summed E-state index contributed by atoms with van der Waals surface area (Å²) in [4.78, 5) is 0. The maximum absolute atomic E-state index is 2.43. The van der Waals surface area contributed by atoms with Crippen LogP contribution >= 0.6 is 0 Å². The van der Waals surface area contributed by atoms with E-state index in [9.17, 15) is 0 Å². The fraction of sp³-hybridized carbons (Fsp3) is 1.00. The minimum Gasteiger partial charge on any atom is -0.0654 e. The van der Waals surface area contributed by atoms with Crippen molar-refractivity contribution in [1.29, 1.82) is 0 Å². The Bertz CT molecular complexity index is 137. The van der Waals surface area contributed by atoms with E-state index in [4.69, 9.17) is 0 Å². The Kier molecular flexibility index (Phi) is 8.19. The molecule has 0 aromatic rings. The molecule has 92 valence electrons. The van der Waals surface area contributed by atoms with E-state index in [1.807, 2.05) is 0 Å². The van der Waals surface area contributed by atoms with E-state index >= 15 is 0 Å². The predicted molar refractivity (Wildman–Crippen MR) is 71.1 cm³/mol. The molecule has 0 bridgehead atoms. The summed E-state index contributed by atoms with van der Waals surface area (Å²) >= 11 is 0. The fourth-order valence-electron chi connectivity index (χ4n) is 2.98. The second-order valence-electron chi connectivity index (χ2n) is 6.21. The van der Waals surface area contributed by atoms with Crippen molar-refractivity contribution in [3.05, 3.63) is 0 Å². The van der Waals surface area contributed by atoms with Gasteiger partial charge >= 0.3 is 0 Å². The van der Waals surface area contributed by atoms with Gasteiger partial charge in [-0.15, -0.1) is 0 Å². The molecule has 0 heterocycles. The molecule has 0 fully saturated rings. The Morgan fingerprint density at radius 3 is 1.60 bits per heavy atom. The Morgan fingerprint density at radius 1 is 0.667 bits per heavy atom. The summed E-state index contributed by atoms with van der Waals surface area (Å²) in [6.45, 7) is 14.2. The highest BCUT2D eigenvalue weighted by atomic mass is 14.2. The molecule has 0 heteroatoms. The predicted octanol–water partition coefficient (Wildman–Crippen LogP) is 5.52. The summed E-state index contributed by atoms with van der Waals surface area (Å²) < 4.78 is 0. The van der Waals surface area contributed by atoms with Crippen LogP contribution in [0.1, 0.15) is 73.6 Å². The highest BCUT2D eigenvalue weighted by Gasteiger charge is 2.12. The van der Waals surface area contributed by atoms with Crippen LogP contribution in [-0.2, 0) is 0 Å². The molecule has 0 aliphatic rings. The molecule has 0 rings (SSSR count). The van der Waals surface area contributed by atoms with Crippen LogP contribution in [0.3, 0.4) is 0 Å². The van der Waals surface area contributed by atoms with Crippen molar-refractivity contribution in [2.75, 3.05) is 0 Å². The Hall–Kier alpha value is 0. The zero-order chi connectivity index (χ0) is 11.8. The second kappa shape index (κ2) is 8.19. The third-order valence-electron chi connectivity index (χ3n) is 3.26. The zero-order valence-corrected chi connectivity index (χ0v) is 11.8. The van der Waals surface area contributed by atoms with Crippen LogP contribution in [0.5, 0.6) is 0 Å². The van der Waals surface area contributed by atoms with Crippen LogP contribution in [0, 0.1) is 23.7 Å². The highest BCUT2D eigenvalue weighted by molar-refractivity contribution is 4.64. The van der Waals surface area contributed by atoms with Crippen LogP contribution in [0.2, 0.25) is 0 Å². The first kappa shape index (κ1) is 15.0. The van der Waals surface area contributed by atoms with Crippen molar-refractivity contribution in [2.24, 2.45) is 23.7 Å². The smallest absolute Gasteiger partial charge is 0.0438 e. The lowest BCUT2D eigenvalue weighted by molar-refractivity contribution is 0.306. The van der Waals surface area contributed by atoms with Crippen molar-refractivity contribution in [2.45, 2.75) is 73.6 Å². The summed E-state index contributed by atoms with van der Waals surface area (Å²) in [5.41, 5.74) is 0. The molecule has 0 aromatic carbocycles. The molecular weight excluding hydrogens is 180 g/mol. The van der Waals surface area contributed by atoms with Gasteiger partial charge in [0.25, 0.3) is 0 Å². The third-order valence-corrected chi connectivity index (χ3v) is 3.26. The highest BCUT2D eigenvalue weighted by Crippen LogP contribution is 2.25. The quantitative estimate of drug-likeness (QED) is 0.497. The van der Waals surface area contributed by atoms with Gasteiger partial charge in [0, 0.05) is 0 Å². The van der Waals surface area contributed by atoms with Crippen LogP contribution in [-0.4, -0.2) is 0 Å². The van der Waals surface area contributed by atoms with E-state index < -0.39 is 0 Å². The van der Waals surface area contributed by atoms with Gasteiger partial charge in [0.2, 0.25) is 0 Å². The van der Waals surface area contributed by atoms with Gasteiger partial charge in [0.1, 0.15) is 0 Å². The molecule has 0 unspecified atom stereocenters. The van der Waals surface area contributed by atoms with Crippen molar-refractivity contribution < 1.29 is 0 Å². The van der Waals surface area contributed by atoms with Gasteiger partial charge in [0.15, 0.2) is 0 Å². The van der Waals surface area contributed by atoms with E-state index in [2.05, 4.69) is 41.5 Å². The molecule has 0 aliphatic carbocycles. The number of rotatable bonds is 8. The second-order valence-corrected chi connectivity index (χ2v) is 6.21. The average molecular weight is 212 g/mol. The van der Waals surface area contributed by atoms with Gasteiger partial charge < -0.3 is 0 Å². The normalized spacial score (nSPS) is 17.8. The maximum atomic E-state index is 2.43. The number of hydrogen-bond acceptors (Lipinski definition) is 0. The standard InChI is InChI=1S/C15H32/c1-7-8-13(4)10-15(6)11-14(5)9-12(2)3/h12-15H,7-11H2,1-6H3/t13-,14+,15+/m0/s1. The molecule has 0 nitrogen and oxygen atoms in total. The lowest BCUT2D eigenvalue weighted by atomic mass is 9.85. The summed E-state index contributed by atoms with van der Waals surface area (Å²) in [7, 11) is 0. The Labute approximate surface area is 97.8 Å². The van der Waals surface area contributed by atoms with Gasteiger partial charge in [-0.1, -0.05) is 54.4 Å². The van der Waals surface area contributed by atoms with Crippen molar-refractivity contribution in [3.63, 3.8) is 0 Å². The van der Waals surface area contributed by atoms with E-state index in [0.717, 1.165) is 23.7 Å². The SMILES string of the molecule is CCC[C@H](C)C[C@@H](C)C[C@H](C)CC(C)C. The lowest BCUT2D eigenvalue weighted by Gasteiger charge is -2.21. The Morgan fingerprint density at radius 2 is 1.13 bits per heavy atom. The van der Waals surface area contributed by atoms with Crippen molar-refractivity contribution >= 4 is 0 Å². The molecule has 0 radical (unpaired) electrons. The lowest BCUT2D eigenvalue weighted by Crippen LogP contribution is -2.09. The van der Waals surface area contributed by atoms with Crippen molar-refractivity contribution in [3.8, 4) is 0 Å². The Balaban J connectivity index is 3.67. The van der Waals surface area contributed by atoms with Gasteiger partial charge in [0.05, 0.1) is 0 Å². The van der Waals surface area contributed by atoms with Gasteiger partial charge in [-0.25, -0.2) is 0 Å². The molecule has 15 heavy (non-hydrogen) atoms. The molecule has 0 N–H and O–H groups in total. The van der Waals surface area contributed by atoms with Gasteiger partial charge in [-0.3, -0.25) is 0 Å². The van der Waals surface area contributed by atoms with Crippen LogP contribution in [0.15, 0.2) is 0 Å².